The number of hydrogen-bond acceptors (Lipinski definition) is 3. The van der Waals surface area contributed by atoms with Gasteiger partial charge in [0, 0.05) is 6.42 Å². The Morgan fingerprint density at radius 3 is 2.45 bits per heavy atom. The van der Waals surface area contributed by atoms with Gasteiger partial charge in [0.25, 0.3) is 0 Å². The average molecular weight is 286 g/mol. The van der Waals surface area contributed by atoms with E-state index in [1.54, 1.807) is 0 Å². The predicted molar refractivity (Wildman–Crippen MR) is 76.2 cm³/mol. The minimum atomic E-state index is -0.925. The van der Waals surface area contributed by atoms with Crippen molar-refractivity contribution in [1.82, 2.24) is 0 Å². The third-order valence-electron chi connectivity index (χ3n) is 3.61. The van der Waals surface area contributed by atoms with Crippen molar-refractivity contribution < 1.29 is 23.9 Å². The van der Waals surface area contributed by atoms with E-state index >= 15 is 0 Å². The quantitative estimate of drug-likeness (QED) is 0.519. The lowest BCUT2D eigenvalue weighted by molar-refractivity contribution is -0.873. The van der Waals surface area contributed by atoms with Gasteiger partial charge < -0.3 is 14.3 Å². The molecule has 5 heteroatoms. The highest BCUT2D eigenvalue weighted by Crippen LogP contribution is 2.44. The highest BCUT2D eigenvalue weighted by Gasteiger charge is 2.38. The molecule has 0 aromatic carbocycles. The van der Waals surface area contributed by atoms with Gasteiger partial charge in [-0.05, 0) is 18.3 Å². The van der Waals surface area contributed by atoms with Crippen LogP contribution in [0.3, 0.4) is 0 Å². The van der Waals surface area contributed by atoms with E-state index in [9.17, 15) is 9.59 Å². The van der Waals surface area contributed by atoms with Crippen LogP contribution < -0.4 is 0 Å². The molecule has 116 valence electrons. The smallest absolute Gasteiger partial charge is 0.307 e. The highest BCUT2D eigenvalue weighted by atomic mass is 16.5. The minimum Gasteiger partial charge on any atom is -0.481 e. The number of rotatable bonds is 9. The lowest BCUT2D eigenvalue weighted by Crippen LogP contribution is -2.43. The van der Waals surface area contributed by atoms with Crippen molar-refractivity contribution in [2.24, 2.45) is 11.8 Å². The lowest BCUT2D eigenvalue weighted by atomic mass is 10.1. The minimum absolute atomic E-state index is 0.121. The molecule has 0 aromatic rings. The molecule has 1 saturated carbocycles. The van der Waals surface area contributed by atoms with Crippen molar-refractivity contribution >= 4 is 11.9 Å². The molecule has 0 aromatic heterocycles. The van der Waals surface area contributed by atoms with Crippen LogP contribution in [0.25, 0.3) is 0 Å². The SMILES string of the molecule is CCCC1CC1CC(=O)OC(CC(=O)O)C[N+](C)(C)C. The summed E-state index contributed by atoms with van der Waals surface area (Å²) in [7, 11) is 5.88. The molecule has 1 N–H and O–H groups in total. The van der Waals surface area contributed by atoms with Crippen molar-refractivity contribution in [1.29, 1.82) is 0 Å². The number of carboxylic acid groups (broad SMARTS) is 1. The molecule has 20 heavy (non-hydrogen) atoms. The number of carbonyl (C=O) groups excluding carboxylic acids is 1. The fraction of sp³-hybridized carbons (Fsp3) is 0.867. The van der Waals surface area contributed by atoms with Gasteiger partial charge in [-0.15, -0.1) is 0 Å². The first-order chi connectivity index (χ1) is 9.21. The van der Waals surface area contributed by atoms with Crippen LogP contribution in [0.15, 0.2) is 0 Å². The zero-order chi connectivity index (χ0) is 15.3. The van der Waals surface area contributed by atoms with E-state index in [0.29, 0.717) is 29.3 Å². The molecule has 1 aliphatic carbocycles. The van der Waals surface area contributed by atoms with Crippen molar-refractivity contribution in [2.75, 3.05) is 27.7 Å². The molecule has 0 radical (unpaired) electrons. The van der Waals surface area contributed by atoms with Crippen LogP contribution in [-0.2, 0) is 14.3 Å². The molecule has 3 unspecified atom stereocenters. The van der Waals surface area contributed by atoms with E-state index in [2.05, 4.69) is 6.92 Å². The number of likely N-dealkylation sites (N-methyl/N-ethyl adjacent to an activating group) is 1. The van der Waals surface area contributed by atoms with E-state index in [4.69, 9.17) is 9.84 Å². The van der Waals surface area contributed by atoms with Crippen LogP contribution in [0.4, 0.5) is 0 Å². The van der Waals surface area contributed by atoms with Gasteiger partial charge in [0.1, 0.15) is 6.54 Å². The average Bonchev–Trinajstić information content (AvgIpc) is 2.92. The molecule has 1 rings (SSSR count). The highest BCUT2D eigenvalue weighted by molar-refractivity contribution is 5.72. The second kappa shape index (κ2) is 7.07. The van der Waals surface area contributed by atoms with Gasteiger partial charge in [-0.1, -0.05) is 19.8 Å². The number of esters is 1. The molecule has 1 aliphatic rings. The molecule has 1 fully saturated rings. The van der Waals surface area contributed by atoms with E-state index in [0.717, 1.165) is 12.8 Å². The number of carboxylic acids is 1. The normalized spacial score (nSPS) is 23.2. The third kappa shape index (κ3) is 6.89. The number of hydrogen-bond donors (Lipinski definition) is 1. The molecule has 0 amide bonds. The molecular weight excluding hydrogens is 258 g/mol. The van der Waals surface area contributed by atoms with Crippen LogP contribution in [0.5, 0.6) is 0 Å². The van der Waals surface area contributed by atoms with Gasteiger partial charge in [-0.3, -0.25) is 9.59 Å². The van der Waals surface area contributed by atoms with Crippen molar-refractivity contribution in [2.45, 2.75) is 45.1 Å². The Kier molecular flexibility index (Phi) is 5.99. The number of carbonyl (C=O) groups is 2. The molecule has 0 spiro atoms. The Morgan fingerprint density at radius 2 is 1.95 bits per heavy atom. The largest absolute Gasteiger partial charge is 0.481 e. The van der Waals surface area contributed by atoms with Gasteiger partial charge >= 0.3 is 11.9 Å². The van der Waals surface area contributed by atoms with E-state index in [1.165, 1.54) is 6.42 Å². The summed E-state index contributed by atoms with van der Waals surface area (Å²) >= 11 is 0. The van der Waals surface area contributed by atoms with Gasteiger partial charge in [0.2, 0.25) is 0 Å². The first kappa shape index (κ1) is 17.0. The molecular formula is C15H28NO4+. The fourth-order valence-electron chi connectivity index (χ4n) is 2.68. The molecule has 5 nitrogen and oxygen atoms in total. The number of nitrogens with zero attached hydrogens (tertiary/aromatic N) is 1. The standard InChI is InChI=1S/C15H27NO4/c1-5-6-11-7-12(11)8-15(19)20-13(9-14(17)18)10-16(2,3)4/h11-13H,5-10H2,1-4H3/p+1. The third-order valence-corrected chi connectivity index (χ3v) is 3.61. The van der Waals surface area contributed by atoms with Crippen molar-refractivity contribution in [3.8, 4) is 0 Å². The number of ether oxygens (including phenoxy) is 1. The van der Waals surface area contributed by atoms with E-state index in [-0.39, 0.29) is 12.4 Å². The van der Waals surface area contributed by atoms with Crippen molar-refractivity contribution in [3.05, 3.63) is 0 Å². The Bertz CT molecular complexity index is 348. The fourth-order valence-corrected chi connectivity index (χ4v) is 2.68. The number of quaternary nitrogens is 1. The van der Waals surface area contributed by atoms with Crippen LogP contribution in [0, 0.1) is 11.8 Å². The second-order valence-electron chi connectivity index (χ2n) is 6.93. The summed E-state index contributed by atoms with van der Waals surface area (Å²) < 4.78 is 5.96. The monoisotopic (exact) mass is 286 g/mol. The molecule has 0 aliphatic heterocycles. The Morgan fingerprint density at radius 1 is 1.30 bits per heavy atom. The zero-order valence-corrected chi connectivity index (χ0v) is 13.1. The van der Waals surface area contributed by atoms with Crippen LogP contribution >= 0.6 is 0 Å². The van der Waals surface area contributed by atoms with Crippen molar-refractivity contribution in [3.63, 3.8) is 0 Å². The van der Waals surface area contributed by atoms with Crippen LogP contribution in [0.2, 0.25) is 0 Å². The zero-order valence-electron chi connectivity index (χ0n) is 13.1. The Hall–Kier alpha value is -1.10. The summed E-state index contributed by atoms with van der Waals surface area (Å²) in [5.41, 5.74) is 0. The summed E-state index contributed by atoms with van der Waals surface area (Å²) in [5, 5.41) is 8.90. The second-order valence-corrected chi connectivity index (χ2v) is 6.93. The first-order valence-electron chi connectivity index (χ1n) is 7.43. The van der Waals surface area contributed by atoms with Gasteiger partial charge in [0.05, 0.1) is 27.6 Å². The summed E-state index contributed by atoms with van der Waals surface area (Å²) in [4.78, 5) is 22.7. The topological polar surface area (TPSA) is 63.6 Å². The molecule has 0 heterocycles. The Labute approximate surface area is 121 Å². The summed E-state index contributed by atoms with van der Waals surface area (Å²) in [6.07, 6.45) is 3.22. The van der Waals surface area contributed by atoms with Crippen LogP contribution in [-0.4, -0.2) is 55.3 Å². The first-order valence-corrected chi connectivity index (χ1v) is 7.43. The molecule has 3 atom stereocenters. The van der Waals surface area contributed by atoms with Gasteiger partial charge in [-0.2, -0.15) is 0 Å². The lowest BCUT2D eigenvalue weighted by Gasteiger charge is -2.28. The van der Waals surface area contributed by atoms with Crippen LogP contribution in [0.1, 0.15) is 39.0 Å². The van der Waals surface area contributed by atoms with E-state index in [1.807, 2.05) is 21.1 Å². The van der Waals surface area contributed by atoms with E-state index < -0.39 is 12.1 Å². The molecule has 0 saturated heterocycles. The maximum Gasteiger partial charge on any atom is 0.307 e. The molecule has 0 bridgehead atoms. The maximum atomic E-state index is 11.9. The number of aliphatic carboxylic acids is 1. The summed E-state index contributed by atoms with van der Waals surface area (Å²) in [6, 6.07) is 0. The van der Waals surface area contributed by atoms with Gasteiger partial charge in [-0.25, -0.2) is 0 Å². The Balaban J connectivity index is 2.40. The summed E-state index contributed by atoms with van der Waals surface area (Å²) in [6.45, 7) is 2.67. The predicted octanol–water partition coefficient (Wildman–Crippen LogP) is 1.91. The maximum absolute atomic E-state index is 11.9. The van der Waals surface area contributed by atoms with Gasteiger partial charge in [0.15, 0.2) is 6.10 Å². The summed E-state index contributed by atoms with van der Waals surface area (Å²) in [5.74, 6) is -0.0410.